The molecule has 0 heterocycles. The molecule has 0 bridgehead atoms. The maximum absolute atomic E-state index is 12.0. The van der Waals surface area contributed by atoms with Crippen LogP contribution in [0.4, 0.5) is 0 Å². The predicted octanol–water partition coefficient (Wildman–Crippen LogP) is 5.34. The molecule has 1 saturated carbocycles. The number of nitrogens with zero attached hydrogens (tertiary/aromatic N) is 1. The summed E-state index contributed by atoms with van der Waals surface area (Å²) >= 11 is 0. The summed E-state index contributed by atoms with van der Waals surface area (Å²) in [5.41, 5.74) is 2.70. The van der Waals surface area contributed by atoms with Crippen molar-refractivity contribution in [1.82, 2.24) is 0 Å². The third kappa shape index (κ3) is 5.04. The minimum atomic E-state index is -0.821. The van der Waals surface area contributed by atoms with Crippen LogP contribution in [0.2, 0.25) is 0 Å². The molecule has 1 aliphatic carbocycles. The molecule has 1 atom stereocenters. The van der Waals surface area contributed by atoms with E-state index in [1.54, 1.807) is 0 Å². The number of hydrogen-bond donors (Lipinski definition) is 1. The van der Waals surface area contributed by atoms with Crippen molar-refractivity contribution in [2.45, 2.75) is 51.0 Å². The van der Waals surface area contributed by atoms with Crippen LogP contribution in [0.25, 0.3) is 0 Å². The summed E-state index contributed by atoms with van der Waals surface area (Å²) in [6, 6.07) is 19.1. The second kappa shape index (κ2) is 9.33. The summed E-state index contributed by atoms with van der Waals surface area (Å²) < 4.78 is 0. The van der Waals surface area contributed by atoms with E-state index in [1.165, 1.54) is 25.7 Å². The smallest absolute Gasteiger partial charge is 0.328 e. The quantitative estimate of drug-likeness (QED) is 0.565. The molecule has 3 rings (SSSR count). The lowest BCUT2D eigenvalue weighted by Gasteiger charge is -2.18. The summed E-state index contributed by atoms with van der Waals surface area (Å²) in [4.78, 5) is 16.7. The van der Waals surface area contributed by atoms with E-state index in [9.17, 15) is 9.90 Å². The maximum atomic E-state index is 12.0. The van der Waals surface area contributed by atoms with Gasteiger partial charge in [0.05, 0.1) is 5.71 Å². The van der Waals surface area contributed by atoms with E-state index < -0.39 is 12.0 Å². The maximum Gasteiger partial charge on any atom is 0.328 e. The topological polar surface area (TPSA) is 49.7 Å². The van der Waals surface area contributed by atoms with Crippen molar-refractivity contribution in [2.75, 3.05) is 0 Å². The normalized spacial score (nSPS) is 16.5. The lowest BCUT2D eigenvalue weighted by atomic mass is 9.92. The Morgan fingerprint density at radius 3 is 1.85 bits per heavy atom. The van der Waals surface area contributed by atoms with Crippen LogP contribution < -0.4 is 0 Å². The van der Waals surface area contributed by atoms with Gasteiger partial charge in [0.2, 0.25) is 0 Å². The molecule has 26 heavy (non-hydrogen) atoms. The zero-order valence-corrected chi connectivity index (χ0v) is 15.2. The van der Waals surface area contributed by atoms with Gasteiger partial charge in [-0.1, -0.05) is 99.2 Å². The van der Waals surface area contributed by atoms with Crippen molar-refractivity contribution in [3.63, 3.8) is 0 Å². The minimum absolute atomic E-state index is 0.468. The van der Waals surface area contributed by atoms with Gasteiger partial charge in [0.15, 0.2) is 0 Å². The molecule has 2 aromatic rings. The van der Waals surface area contributed by atoms with E-state index in [1.807, 2.05) is 60.7 Å². The van der Waals surface area contributed by atoms with Gasteiger partial charge in [0, 0.05) is 11.1 Å². The Kier molecular flexibility index (Phi) is 6.59. The molecule has 0 spiro atoms. The molecule has 136 valence electrons. The molecule has 0 radical (unpaired) electrons. The minimum Gasteiger partial charge on any atom is -0.480 e. The zero-order valence-electron chi connectivity index (χ0n) is 15.2. The first-order chi connectivity index (χ1) is 12.7. The lowest BCUT2D eigenvalue weighted by Crippen LogP contribution is -2.24. The first kappa shape index (κ1) is 18.4. The summed E-state index contributed by atoms with van der Waals surface area (Å²) in [5, 5.41) is 9.81. The van der Waals surface area contributed by atoms with Crippen LogP contribution in [0.3, 0.4) is 0 Å². The monoisotopic (exact) mass is 349 g/mol. The van der Waals surface area contributed by atoms with Crippen molar-refractivity contribution in [1.29, 1.82) is 0 Å². The molecule has 0 amide bonds. The Labute approximate surface area is 155 Å². The summed E-state index contributed by atoms with van der Waals surface area (Å²) in [6.07, 6.45) is 7.87. The predicted molar refractivity (Wildman–Crippen MR) is 106 cm³/mol. The zero-order chi connectivity index (χ0) is 18.2. The number of carboxylic acids is 1. The Bertz CT molecular complexity index is 675. The standard InChI is InChI=1S/C23H27NO2/c25-23(26)21(17-18-11-5-1-2-6-12-18)24-22(19-13-7-3-8-14-19)20-15-9-4-10-16-20/h3-4,7-10,13-16,18,21H,1-2,5-6,11-12,17H2,(H,25,26). The molecule has 1 aliphatic rings. The van der Waals surface area contributed by atoms with Crippen molar-refractivity contribution in [3.05, 3.63) is 71.8 Å². The van der Waals surface area contributed by atoms with Gasteiger partial charge >= 0.3 is 5.97 Å². The molecule has 3 heteroatoms. The van der Waals surface area contributed by atoms with E-state index >= 15 is 0 Å². The third-order valence-electron chi connectivity index (χ3n) is 5.20. The summed E-state index contributed by atoms with van der Waals surface area (Å²) in [7, 11) is 0. The van der Waals surface area contributed by atoms with Gasteiger partial charge in [-0.05, 0) is 12.3 Å². The molecule has 2 aromatic carbocycles. The average Bonchev–Trinajstić information content (AvgIpc) is 2.95. The van der Waals surface area contributed by atoms with Crippen LogP contribution in [0.5, 0.6) is 0 Å². The fourth-order valence-electron chi connectivity index (χ4n) is 3.79. The molecule has 0 aliphatic heterocycles. The highest BCUT2D eigenvalue weighted by Gasteiger charge is 2.24. The second-order valence-electron chi connectivity index (χ2n) is 7.16. The van der Waals surface area contributed by atoms with Gasteiger partial charge in [-0.2, -0.15) is 0 Å². The van der Waals surface area contributed by atoms with Gasteiger partial charge in [0.25, 0.3) is 0 Å². The number of rotatable bonds is 6. The van der Waals surface area contributed by atoms with Gasteiger partial charge < -0.3 is 5.11 Å². The SMILES string of the molecule is O=C(O)C(CC1CCCCCC1)N=C(c1ccccc1)c1ccccc1. The first-order valence-electron chi connectivity index (χ1n) is 9.65. The lowest BCUT2D eigenvalue weighted by molar-refractivity contribution is -0.138. The average molecular weight is 349 g/mol. The Balaban J connectivity index is 1.91. The summed E-state index contributed by atoms with van der Waals surface area (Å²) in [5.74, 6) is -0.353. The van der Waals surface area contributed by atoms with Crippen LogP contribution in [0.15, 0.2) is 65.7 Å². The van der Waals surface area contributed by atoms with Crippen LogP contribution in [0, 0.1) is 5.92 Å². The van der Waals surface area contributed by atoms with Gasteiger partial charge in [-0.25, -0.2) is 4.79 Å². The molecule has 3 nitrogen and oxygen atoms in total. The molecule has 1 N–H and O–H groups in total. The van der Waals surface area contributed by atoms with E-state index in [0.29, 0.717) is 12.3 Å². The number of aliphatic imine (C=N–C) groups is 1. The highest BCUT2D eigenvalue weighted by molar-refractivity contribution is 6.13. The van der Waals surface area contributed by atoms with Crippen LogP contribution in [-0.2, 0) is 4.79 Å². The van der Waals surface area contributed by atoms with Crippen LogP contribution in [0.1, 0.15) is 56.1 Å². The number of aliphatic carboxylic acids is 1. The molecule has 0 aromatic heterocycles. The second-order valence-corrected chi connectivity index (χ2v) is 7.16. The van der Waals surface area contributed by atoms with Gasteiger partial charge in [0.1, 0.15) is 6.04 Å². The Hall–Kier alpha value is -2.42. The van der Waals surface area contributed by atoms with E-state index in [-0.39, 0.29) is 0 Å². The largest absolute Gasteiger partial charge is 0.480 e. The Morgan fingerprint density at radius 2 is 1.38 bits per heavy atom. The number of hydrogen-bond acceptors (Lipinski definition) is 2. The van der Waals surface area contributed by atoms with Crippen LogP contribution >= 0.6 is 0 Å². The third-order valence-corrected chi connectivity index (χ3v) is 5.20. The van der Waals surface area contributed by atoms with Crippen molar-refractivity contribution >= 4 is 11.7 Å². The fourth-order valence-corrected chi connectivity index (χ4v) is 3.79. The highest BCUT2D eigenvalue weighted by atomic mass is 16.4. The molecular weight excluding hydrogens is 322 g/mol. The summed E-state index contributed by atoms with van der Waals surface area (Å²) in [6.45, 7) is 0. The number of benzene rings is 2. The van der Waals surface area contributed by atoms with Crippen molar-refractivity contribution in [2.24, 2.45) is 10.9 Å². The van der Waals surface area contributed by atoms with Crippen molar-refractivity contribution in [3.8, 4) is 0 Å². The fraction of sp³-hybridized carbons (Fsp3) is 0.391. The molecule has 1 fully saturated rings. The van der Waals surface area contributed by atoms with E-state index in [2.05, 4.69) is 0 Å². The highest BCUT2D eigenvalue weighted by Crippen LogP contribution is 2.28. The van der Waals surface area contributed by atoms with E-state index in [0.717, 1.165) is 29.7 Å². The van der Waals surface area contributed by atoms with Crippen LogP contribution in [-0.4, -0.2) is 22.8 Å². The van der Waals surface area contributed by atoms with Gasteiger partial charge in [-0.3, -0.25) is 4.99 Å². The van der Waals surface area contributed by atoms with Crippen molar-refractivity contribution < 1.29 is 9.90 Å². The first-order valence-corrected chi connectivity index (χ1v) is 9.65. The van der Waals surface area contributed by atoms with Gasteiger partial charge in [-0.15, -0.1) is 0 Å². The molecule has 1 unspecified atom stereocenters. The Morgan fingerprint density at radius 1 is 0.885 bits per heavy atom. The number of carboxylic acid groups (broad SMARTS) is 1. The molecular formula is C23H27NO2. The van der Waals surface area contributed by atoms with E-state index in [4.69, 9.17) is 4.99 Å². The molecule has 0 saturated heterocycles. The number of carbonyl (C=O) groups is 1.